The van der Waals surface area contributed by atoms with Crippen molar-refractivity contribution in [2.75, 3.05) is 6.54 Å². The molecule has 1 aromatic heterocycles. The Morgan fingerprint density at radius 2 is 2.55 bits per heavy atom. The Morgan fingerprint density at radius 1 is 1.82 bits per heavy atom. The summed E-state index contributed by atoms with van der Waals surface area (Å²) < 4.78 is 0. The first kappa shape index (κ1) is 8.36. The minimum atomic E-state index is 0.0181. The average Bonchev–Trinajstić information content (AvgIpc) is 2.37. The van der Waals surface area contributed by atoms with Gasteiger partial charge in [0.25, 0.3) is 0 Å². The minimum Gasteiger partial charge on any atom is -0.330 e. The average molecular weight is 170 g/mol. The van der Waals surface area contributed by atoms with Crippen LogP contribution in [0.25, 0.3) is 0 Å². The van der Waals surface area contributed by atoms with Crippen LogP contribution >= 0.6 is 11.3 Å². The SMILES string of the molecule is CC(=O)c1csc(CCN)n1. The van der Waals surface area contributed by atoms with Crippen LogP contribution in [0.4, 0.5) is 0 Å². The number of ketones is 1. The predicted octanol–water partition coefficient (Wildman–Crippen LogP) is 0.847. The van der Waals surface area contributed by atoms with E-state index in [1.165, 1.54) is 18.3 Å². The maximum atomic E-state index is 10.8. The van der Waals surface area contributed by atoms with Crippen LogP contribution in [0, 0.1) is 0 Å². The van der Waals surface area contributed by atoms with Gasteiger partial charge in [0.15, 0.2) is 5.78 Å². The van der Waals surface area contributed by atoms with Gasteiger partial charge in [-0.25, -0.2) is 4.98 Å². The fourth-order valence-corrected chi connectivity index (χ4v) is 1.56. The Morgan fingerprint density at radius 3 is 3.00 bits per heavy atom. The highest BCUT2D eigenvalue weighted by Gasteiger charge is 2.04. The van der Waals surface area contributed by atoms with Crippen LogP contribution in [0.2, 0.25) is 0 Å². The summed E-state index contributed by atoms with van der Waals surface area (Å²) in [6.07, 6.45) is 0.762. The molecule has 0 aliphatic rings. The number of Topliss-reactive ketones (excluding diaryl/α,β-unsaturated/α-hetero) is 1. The summed E-state index contributed by atoms with van der Waals surface area (Å²) in [6.45, 7) is 2.10. The molecule has 0 spiro atoms. The predicted molar refractivity (Wildman–Crippen MR) is 44.9 cm³/mol. The molecule has 0 amide bonds. The molecule has 0 saturated carbocycles. The molecular weight excluding hydrogens is 160 g/mol. The van der Waals surface area contributed by atoms with Crippen molar-refractivity contribution in [1.29, 1.82) is 0 Å². The topological polar surface area (TPSA) is 56.0 Å². The second-order valence-corrected chi connectivity index (χ2v) is 3.16. The van der Waals surface area contributed by atoms with Crippen molar-refractivity contribution in [3.05, 3.63) is 16.1 Å². The van der Waals surface area contributed by atoms with E-state index < -0.39 is 0 Å². The first-order valence-electron chi connectivity index (χ1n) is 3.39. The number of carbonyl (C=O) groups is 1. The molecule has 3 nitrogen and oxygen atoms in total. The highest BCUT2D eigenvalue weighted by Crippen LogP contribution is 2.09. The van der Waals surface area contributed by atoms with Crippen LogP contribution in [0.3, 0.4) is 0 Å². The van der Waals surface area contributed by atoms with Gasteiger partial charge in [0, 0.05) is 18.7 Å². The molecule has 0 saturated heterocycles. The Labute approximate surface area is 69.3 Å². The van der Waals surface area contributed by atoms with E-state index in [4.69, 9.17) is 5.73 Å². The monoisotopic (exact) mass is 170 g/mol. The summed E-state index contributed by atoms with van der Waals surface area (Å²) in [6, 6.07) is 0. The van der Waals surface area contributed by atoms with E-state index in [1.807, 2.05) is 0 Å². The molecule has 0 aliphatic heterocycles. The summed E-state index contributed by atoms with van der Waals surface area (Å²) in [5, 5.41) is 2.71. The first-order valence-corrected chi connectivity index (χ1v) is 4.27. The van der Waals surface area contributed by atoms with Crippen LogP contribution in [0.15, 0.2) is 5.38 Å². The van der Waals surface area contributed by atoms with E-state index in [-0.39, 0.29) is 5.78 Å². The van der Waals surface area contributed by atoms with Gasteiger partial charge in [-0.1, -0.05) is 0 Å². The molecule has 0 aromatic carbocycles. The smallest absolute Gasteiger partial charge is 0.178 e. The first-order chi connectivity index (χ1) is 5.24. The summed E-state index contributed by atoms with van der Waals surface area (Å²) in [5.41, 5.74) is 5.88. The fourth-order valence-electron chi connectivity index (χ4n) is 0.711. The highest BCUT2D eigenvalue weighted by atomic mass is 32.1. The van der Waals surface area contributed by atoms with Crippen LogP contribution in [0.1, 0.15) is 22.4 Å². The Bertz CT molecular complexity index is 257. The second-order valence-electron chi connectivity index (χ2n) is 2.22. The summed E-state index contributed by atoms with van der Waals surface area (Å²) in [4.78, 5) is 14.9. The lowest BCUT2D eigenvalue weighted by Crippen LogP contribution is -2.02. The van der Waals surface area contributed by atoms with Crippen LogP contribution in [-0.4, -0.2) is 17.3 Å². The molecule has 60 valence electrons. The maximum Gasteiger partial charge on any atom is 0.178 e. The molecular formula is C7H10N2OS. The standard InChI is InChI=1S/C7H10N2OS/c1-5(10)6-4-11-7(9-6)2-3-8/h4H,2-3,8H2,1H3. The Balaban J connectivity index is 2.73. The zero-order chi connectivity index (χ0) is 8.27. The lowest BCUT2D eigenvalue weighted by atomic mass is 10.3. The molecule has 0 fully saturated rings. The molecule has 4 heteroatoms. The summed E-state index contributed by atoms with van der Waals surface area (Å²) >= 11 is 1.49. The van der Waals surface area contributed by atoms with Gasteiger partial charge in [-0.05, 0) is 6.54 Å². The van der Waals surface area contributed by atoms with E-state index in [1.54, 1.807) is 5.38 Å². The van der Waals surface area contributed by atoms with Crippen LogP contribution < -0.4 is 5.73 Å². The van der Waals surface area contributed by atoms with Gasteiger partial charge >= 0.3 is 0 Å². The van der Waals surface area contributed by atoms with Crippen molar-refractivity contribution < 1.29 is 4.79 Å². The van der Waals surface area contributed by atoms with E-state index in [9.17, 15) is 4.79 Å². The molecule has 2 N–H and O–H groups in total. The normalized spacial score (nSPS) is 10.0. The van der Waals surface area contributed by atoms with E-state index in [0.717, 1.165) is 11.4 Å². The third kappa shape index (κ3) is 2.10. The quantitative estimate of drug-likeness (QED) is 0.684. The molecule has 1 heterocycles. The number of aromatic nitrogens is 1. The zero-order valence-electron chi connectivity index (χ0n) is 6.33. The number of hydrogen-bond donors (Lipinski definition) is 1. The van der Waals surface area contributed by atoms with Gasteiger partial charge in [0.1, 0.15) is 5.69 Å². The van der Waals surface area contributed by atoms with Gasteiger partial charge in [0.05, 0.1) is 5.01 Å². The largest absolute Gasteiger partial charge is 0.330 e. The number of nitrogens with zero attached hydrogens (tertiary/aromatic N) is 1. The van der Waals surface area contributed by atoms with Crippen LogP contribution in [-0.2, 0) is 6.42 Å². The molecule has 0 unspecified atom stereocenters. The van der Waals surface area contributed by atoms with Crippen molar-refractivity contribution in [2.24, 2.45) is 5.73 Å². The third-order valence-corrected chi connectivity index (χ3v) is 2.18. The molecule has 11 heavy (non-hydrogen) atoms. The molecule has 1 rings (SSSR count). The highest BCUT2D eigenvalue weighted by molar-refractivity contribution is 7.09. The summed E-state index contributed by atoms with van der Waals surface area (Å²) in [7, 11) is 0. The van der Waals surface area contributed by atoms with Gasteiger partial charge in [-0.2, -0.15) is 0 Å². The molecule has 1 aromatic rings. The lowest BCUT2D eigenvalue weighted by Gasteiger charge is -1.87. The minimum absolute atomic E-state index is 0.0181. The van der Waals surface area contributed by atoms with Gasteiger partial charge in [-0.15, -0.1) is 11.3 Å². The summed E-state index contributed by atoms with van der Waals surface area (Å²) in [5.74, 6) is 0.0181. The number of carbonyl (C=O) groups excluding carboxylic acids is 1. The Hall–Kier alpha value is -0.740. The number of rotatable bonds is 3. The van der Waals surface area contributed by atoms with Crippen molar-refractivity contribution in [1.82, 2.24) is 4.98 Å². The third-order valence-electron chi connectivity index (χ3n) is 1.27. The van der Waals surface area contributed by atoms with Gasteiger partial charge in [0.2, 0.25) is 0 Å². The molecule has 0 atom stereocenters. The zero-order valence-corrected chi connectivity index (χ0v) is 7.15. The maximum absolute atomic E-state index is 10.8. The van der Waals surface area contributed by atoms with E-state index >= 15 is 0 Å². The number of hydrogen-bond acceptors (Lipinski definition) is 4. The van der Waals surface area contributed by atoms with Crippen molar-refractivity contribution in [2.45, 2.75) is 13.3 Å². The van der Waals surface area contributed by atoms with Crippen LogP contribution in [0.5, 0.6) is 0 Å². The molecule has 0 radical (unpaired) electrons. The fraction of sp³-hybridized carbons (Fsp3) is 0.429. The van der Waals surface area contributed by atoms with Gasteiger partial charge < -0.3 is 5.73 Å². The molecule has 0 bridgehead atoms. The second kappa shape index (κ2) is 3.59. The molecule has 0 aliphatic carbocycles. The van der Waals surface area contributed by atoms with Crippen molar-refractivity contribution in [3.8, 4) is 0 Å². The van der Waals surface area contributed by atoms with Crippen molar-refractivity contribution >= 4 is 17.1 Å². The lowest BCUT2D eigenvalue weighted by molar-refractivity contribution is 0.101. The Kier molecular flexibility index (Phi) is 2.73. The van der Waals surface area contributed by atoms with Gasteiger partial charge in [-0.3, -0.25) is 4.79 Å². The van der Waals surface area contributed by atoms with E-state index in [0.29, 0.717) is 12.2 Å². The number of nitrogens with two attached hydrogens (primary N) is 1. The van der Waals surface area contributed by atoms with Crippen molar-refractivity contribution in [3.63, 3.8) is 0 Å². The van der Waals surface area contributed by atoms with E-state index in [2.05, 4.69) is 4.98 Å². The number of thiazole rings is 1.